The molecule has 31 heavy (non-hydrogen) atoms. The summed E-state index contributed by atoms with van der Waals surface area (Å²) in [7, 11) is 0. The van der Waals surface area contributed by atoms with Crippen LogP contribution < -0.4 is 4.74 Å². The average molecular weight is 416 g/mol. The lowest BCUT2D eigenvalue weighted by Gasteiger charge is -2.08. The molecule has 4 heteroatoms. The number of benzene rings is 3. The molecule has 3 aromatic carbocycles. The topological polar surface area (TPSA) is 35.5 Å². The van der Waals surface area contributed by atoms with Crippen LogP contribution in [0.5, 0.6) is 5.75 Å². The van der Waals surface area contributed by atoms with Crippen LogP contribution in [0.1, 0.15) is 34.0 Å². The van der Waals surface area contributed by atoms with E-state index in [2.05, 4.69) is 6.58 Å². The van der Waals surface area contributed by atoms with Gasteiger partial charge >= 0.3 is 0 Å². The molecule has 0 aliphatic heterocycles. The summed E-state index contributed by atoms with van der Waals surface area (Å²) in [6.07, 6.45) is 3.19. The Kier molecular flexibility index (Phi) is 7.91. The summed E-state index contributed by atoms with van der Waals surface area (Å²) >= 11 is 0. The van der Waals surface area contributed by atoms with Crippen LogP contribution in [0.2, 0.25) is 0 Å². The van der Waals surface area contributed by atoms with E-state index in [9.17, 15) is 9.18 Å². The Labute approximate surface area is 182 Å². The summed E-state index contributed by atoms with van der Waals surface area (Å²) in [5.74, 6) is 0.196. The van der Waals surface area contributed by atoms with Crippen LogP contribution in [-0.2, 0) is 11.3 Å². The number of rotatable bonds is 10. The van der Waals surface area contributed by atoms with Crippen LogP contribution in [0.15, 0.2) is 85.5 Å². The van der Waals surface area contributed by atoms with Crippen LogP contribution in [-0.4, -0.2) is 19.0 Å². The number of ether oxygens (including phenoxy) is 2. The molecule has 3 aromatic rings. The fraction of sp³-hybridized carbons (Fsp3) is 0.148. The third-order valence-electron chi connectivity index (χ3n) is 4.65. The van der Waals surface area contributed by atoms with E-state index < -0.39 is 0 Å². The molecular weight excluding hydrogens is 391 g/mol. The number of ketones is 1. The molecule has 3 rings (SSSR count). The van der Waals surface area contributed by atoms with Crippen LogP contribution in [0, 0.1) is 5.82 Å². The summed E-state index contributed by atoms with van der Waals surface area (Å²) in [4.78, 5) is 12.1. The van der Waals surface area contributed by atoms with Gasteiger partial charge < -0.3 is 9.47 Å². The third kappa shape index (κ3) is 7.05. The maximum atomic E-state index is 12.9. The predicted molar refractivity (Wildman–Crippen MR) is 123 cm³/mol. The van der Waals surface area contributed by atoms with E-state index in [4.69, 9.17) is 9.47 Å². The van der Waals surface area contributed by atoms with E-state index in [-0.39, 0.29) is 11.6 Å². The highest BCUT2D eigenvalue weighted by molar-refractivity contribution is 6.06. The number of hydrogen-bond acceptors (Lipinski definition) is 3. The van der Waals surface area contributed by atoms with Crippen molar-refractivity contribution in [2.45, 2.75) is 13.5 Å². The third-order valence-corrected chi connectivity index (χ3v) is 4.65. The van der Waals surface area contributed by atoms with Gasteiger partial charge in [-0.2, -0.15) is 0 Å². The largest absolute Gasteiger partial charge is 0.491 e. The van der Waals surface area contributed by atoms with Gasteiger partial charge in [-0.1, -0.05) is 54.6 Å². The SMILES string of the molecule is C=C(C)c1ccc(COCCOc2ccc(/C=C/C(=O)c3ccc(F)cc3)cc2)cc1. The van der Waals surface area contributed by atoms with Crippen LogP contribution in [0.3, 0.4) is 0 Å². The number of halogens is 1. The van der Waals surface area contributed by atoms with E-state index in [1.54, 1.807) is 6.08 Å². The molecule has 0 saturated heterocycles. The van der Waals surface area contributed by atoms with Gasteiger partial charge in [0.1, 0.15) is 18.2 Å². The van der Waals surface area contributed by atoms with Crippen molar-refractivity contribution in [1.82, 2.24) is 0 Å². The number of carbonyl (C=O) groups is 1. The molecule has 0 radical (unpaired) electrons. The lowest BCUT2D eigenvalue weighted by molar-refractivity contribution is 0.0889. The zero-order chi connectivity index (χ0) is 22.1. The second kappa shape index (κ2) is 11.0. The minimum atomic E-state index is -0.362. The molecule has 158 valence electrons. The molecule has 3 nitrogen and oxygen atoms in total. The molecule has 0 atom stereocenters. The fourth-order valence-electron chi connectivity index (χ4n) is 2.85. The molecular formula is C27H25FO3. The summed E-state index contributed by atoms with van der Waals surface area (Å²) in [5.41, 5.74) is 4.60. The summed E-state index contributed by atoms with van der Waals surface area (Å²) in [5, 5.41) is 0. The van der Waals surface area contributed by atoms with Gasteiger partial charge in [-0.3, -0.25) is 4.79 Å². The van der Waals surface area contributed by atoms with Crippen molar-refractivity contribution in [3.63, 3.8) is 0 Å². The van der Waals surface area contributed by atoms with Gasteiger partial charge in [0.2, 0.25) is 0 Å². The minimum absolute atomic E-state index is 0.174. The van der Waals surface area contributed by atoms with Gasteiger partial charge in [-0.25, -0.2) is 4.39 Å². The van der Waals surface area contributed by atoms with E-state index in [0.29, 0.717) is 25.4 Å². The first-order chi connectivity index (χ1) is 15.0. The Morgan fingerprint density at radius 1 is 0.903 bits per heavy atom. The van der Waals surface area contributed by atoms with Gasteiger partial charge in [0, 0.05) is 5.56 Å². The van der Waals surface area contributed by atoms with Crippen molar-refractivity contribution in [2.75, 3.05) is 13.2 Å². The Hall–Kier alpha value is -3.50. The van der Waals surface area contributed by atoms with Crippen molar-refractivity contribution in [2.24, 2.45) is 0 Å². The maximum absolute atomic E-state index is 12.9. The van der Waals surface area contributed by atoms with E-state index in [1.807, 2.05) is 55.5 Å². The van der Waals surface area contributed by atoms with Crippen LogP contribution >= 0.6 is 0 Å². The Morgan fingerprint density at radius 3 is 2.19 bits per heavy atom. The molecule has 0 saturated carbocycles. The molecule has 0 aromatic heterocycles. The van der Waals surface area contributed by atoms with Crippen molar-refractivity contribution in [1.29, 1.82) is 0 Å². The minimum Gasteiger partial charge on any atom is -0.491 e. The average Bonchev–Trinajstić information content (AvgIpc) is 2.79. The zero-order valence-electron chi connectivity index (χ0n) is 17.5. The lowest BCUT2D eigenvalue weighted by atomic mass is 10.1. The van der Waals surface area contributed by atoms with Crippen molar-refractivity contribution >= 4 is 17.4 Å². The first-order valence-corrected chi connectivity index (χ1v) is 10.0. The second-order valence-electron chi connectivity index (χ2n) is 7.15. The number of carbonyl (C=O) groups excluding carboxylic acids is 1. The summed E-state index contributed by atoms with van der Waals surface area (Å²) in [6.45, 7) is 7.38. The molecule has 0 heterocycles. The Bertz CT molecular complexity index is 1030. The second-order valence-corrected chi connectivity index (χ2v) is 7.15. The molecule has 0 unspecified atom stereocenters. The lowest BCUT2D eigenvalue weighted by Crippen LogP contribution is -2.06. The summed E-state index contributed by atoms with van der Waals surface area (Å²) < 4.78 is 24.3. The van der Waals surface area contributed by atoms with Gasteiger partial charge in [-0.15, -0.1) is 0 Å². The van der Waals surface area contributed by atoms with Crippen LogP contribution in [0.25, 0.3) is 11.6 Å². The van der Waals surface area contributed by atoms with E-state index in [1.165, 1.54) is 30.3 Å². The normalized spacial score (nSPS) is 10.9. The smallest absolute Gasteiger partial charge is 0.185 e. The molecule has 0 aliphatic carbocycles. The van der Waals surface area contributed by atoms with E-state index in [0.717, 1.165) is 28.0 Å². The summed E-state index contributed by atoms with van der Waals surface area (Å²) in [6, 6.07) is 21.1. The highest BCUT2D eigenvalue weighted by Gasteiger charge is 2.02. The monoisotopic (exact) mass is 416 g/mol. The maximum Gasteiger partial charge on any atom is 0.185 e. The van der Waals surface area contributed by atoms with Crippen molar-refractivity contribution < 1.29 is 18.7 Å². The quantitative estimate of drug-likeness (QED) is 0.219. The molecule has 0 spiro atoms. The van der Waals surface area contributed by atoms with Gasteiger partial charge in [0.05, 0.1) is 13.2 Å². The highest BCUT2D eigenvalue weighted by atomic mass is 19.1. The standard InChI is InChI=1S/C27H25FO3/c1-20(2)23-8-3-22(4-9-23)19-30-17-18-31-26-14-5-21(6-15-26)7-16-27(29)24-10-12-25(28)13-11-24/h3-16H,1,17-19H2,2H3/b16-7+. The van der Waals surface area contributed by atoms with Crippen molar-refractivity contribution in [3.05, 3.63) is 114 Å². The molecule has 0 N–H and O–H groups in total. The van der Waals surface area contributed by atoms with Gasteiger partial charge in [0.15, 0.2) is 5.78 Å². The van der Waals surface area contributed by atoms with Gasteiger partial charge in [-0.05, 0) is 66.1 Å². The number of allylic oxidation sites excluding steroid dienone is 2. The van der Waals surface area contributed by atoms with Gasteiger partial charge in [0.25, 0.3) is 0 Å². The first kappa shape index (κ1) is 22.2. The Morgan fingerprint density at radius 2 is 1.55 bits per heavy atom. The molecule has 0 amide bonds. The molecule has 0 bridgehead atoms. The molecule has 0 fully saturated rings. The highest BCUT2D eigenvalue weighted by Crippen LogP contribution is 2.15. The van der Waals surface area contributed by atoms with Crippen molar-refractivity contribution in [3.8, 4) is 5.75 Å². The predicted octanol–water partition coefficient (Wildman–Crippen LogP) is 6.35. The molecule has 0 aliphatic rings. The zero-order valence-corrected chi connectivity index (χ0v) is 17.5. The van der Waals surface area contributed by atoms with E-state index >= 15 is 0 Å². The number of hydrogen-bond donors (Lipinski definition) is 0. The first-order valence-electron chi connectivity index (χ1n) is 10.0. The fourth-order valence-corrected chi connectivity index (χ4v) is 2.85. The Balaban J connectivity index is 1.39. The van der Waals surface area contributed by atoms with Crippen LogP contribution in [0.4, 0.5) is 4.39 Å².